The van der Waals surface area contributed by atoms with E-state index in [9.17, 15) is 32.3 Å². The van der Waals surface area contributed by atoms with Crippen LogP contribution in [0.1, 0.15) is 132 Å². The van der Waals surface area contributed by atoms with Crippen molar-refractivity contribution in [3.63, 3.8) is 0 Å². The van der Waals surface area contributed by atoms with Crippen LogP contribution in [-0.2, 0) is 25.2 Å². The summed E-state index contributed by atoms with van der Waals surface area (Å²) >= 11 is 0. The van der Waals surface area contributed by atoms with E-state index in [4.69, 9.17) is 14.5 Å². The van der Waals surface area contributed by atoms with Crippen LogP contribution in [0.5, 0.6) is 0 Å². The molecule has 17 heteroatoms. The number of H-pyrrole nitrogens is 1. The summed E-state index contributed by atoms with van der Waals surface area (Å²) in [7, 11) is 2.48. The number of rotatable bonds is 10. The Kier molecular flexibility index (Phi) is 13.6. The largest absolute Gasteiger partial charge is 0.453 e. The maximum absolute atomic E-state index is 14.8. The smallest absolute Gasteiger partial charge is 0.425 e. The molecule has 2 aliphatic carbocycles. The number of hydrogen-bond acceptors (Lipinski definition) is 9. The molecule has 2 fully saturated rings. The fourth-order valence-electron chi connectivity index (χ4n) is 8.96. The number of nitrogens with one attached hydrogen (secondary N) is 4. The van der Waals surface area contributed by atoms with Crippen LogP contribution >= 0.6 is 0 Å². The number of alkyl halides is 3. The molecular weight excluding hydrogens is 770 g/mol. The number of aromatic amines is 1. The summed E-state index contributed by atoms with van der Waals surface area (Å²) < 4.78 is 53.7. The van der Waals surface area contributed by atoms with Crippen molar-refractivity contribution in [2.45, 2.75) is 122 Å². The lowest BCUT2D eigenvalue weighted by molar-refractivity contribution is -0.142. The van der Waals surface area contributed by atoms with Crippen molar-refractivity contribution in [1.82, 2.24) is 35.9 Å². The Morgan fingerprint density at radius 1 is 0.983 bits per heavy atom. The topological polar surface area (TPSA) is 170 Å². The SMILES string of the molecule is COC(=O)N[C@H](C(=O)N1CCC[C@H]1c1ncc(C2CC=C(c3ccc(C4CN=C(C5CCCC[C@@H]5C(=O)N(NC(=O)OC)C(C)C)N4)cc3C(F)(F)F)CC2)[nH]1)C(C)C. The van der Waals surface area contributed by atoms with Gasteiger partial charge >= 0.3 is 18.4 Å². The molecule has 0 spiro atoms. The highest BCUT2D eigenvalue weighted by atomic mass is 19.4. The van der Waals surface area contributed by atoms with Crippen molar-refractivity contribution in [3.05, 3.63) is 58.7 Å². The second-order valence-corrected chi connectivity index (χ2v) is 16.6. The maximum atomic E-state index is 14.8. The minimum atomic E-state index is -4.59. The van der Waals surface area contributed by atoms with Gasteiger partial charge in [0.25, 0.3) is 0 Å². The van der Waals surface area contributed by atoms with Gasteiger partial charge in [-0.05, 0) is 87.5 Å². The van der Waals surface area contributed by atoms with Crippen LogP contribution < -0.4 is 16.1 Å². The average molecular weight is 827 g/mol. The Morgan fingerprint density at radius 2 is 1.73 bits per heavy atom. The fraction of sp³-hybridized carbons (Fsp3) is 0.619. The van der Waals surface area contributed by atoms with E-state index in [-0.39, 0.29) is 53.8 Å². The molecule has 6 atom stereocenters. The van der Waals surface area contributed by atoms with E-state index in [1.807, 2.05) is 19.9 Å². The number of carbonyl (C=O) groups is 4. The van der Waals surface area contributed by atoms with Crippen LogP contribution in [0.2, 0.25) is 0 Å². The third-order valence-electron chi connectivity index (χ3n) is 12.2. The van der Waals surface area contributed by atoms with Crippen LogP contribution in [0, 0.1) is 17.8 Å². The van der Waals surface area contributed by atoms with Gasteiger partial charge in [-0.2, -0.15) is 13.2 Å². The Morgan fingerprint density at radius 3 is 2.39 bits per heavy atom. The first-order valence-electron chi connectivity index (χ1n) is 20.7. The van der Waals surface area contributed by atoms with E-state index in [1.165, 1.54) is 25.3 Å². The second-order valence-electron chi connectivity index (χ2n) is 16.6. The monoisotopic (exact) mass is 826 g/mol. The minimum Gasteiger partial charge on any atom is -0.453 e. The predicted molar refractivity (Wildman–Crippen MR) is 214 cm³/mol. The van der Waals surface area contributed by atoms with Crippen molar-refractivity contribution < 1.29 is 41.8 Å². The number of amides is 4. The first-order chi connectivity index (χ1) is 28.1. The molecule has 1 saturated heterocycles. The van der Waals surface area contributed by atoms with Gasteiger partial charge in [0.05, 0.1) is 38.4 Å². The summed E-state index contributed by atoms with van der Waals surface area (Å²) in [5.74, 6) is -0.0518. The number of imidazole rings is 1. The van der Waals surface area contributed by atoms with Gasteiger partial charge in [0, 0.05) is 42.2 Å². The molecule has 3 unspecified atom stereocenters. The number of alkyl carbamates (subject to hydrolysis) is 1. The van der Waals surface area contributed by atoms with E-state index in [2.05, 4.69) is 26.0 Å². The minimum absolute atomic E-state index is 0.0150. The number of ether oxygens (including phenoxy) is 2. The lowest BCUT2D eigenvalue weighted by atomic mass is 9.77. The van der Waals surface area contributed by atoms with Gasteiger partial charge in [-0.25, -0.2) is 25.0 Å². The van der Waals surface area contributed by atoms with Crippen LogP contribution in [-0.4, -0.2) is 89.1 Å². The lowest BCUT2D eigenvalue weighted by Crippen LogP contribution is -2.54. The molecule has 0 bridgehead atoms. The van der Waals surface area contributed by atoms with Gasteiger partial charge < -0.3 is 30.0 Å². The standard InChI is InChI=1S/C42H57F3N8O6/c1-23(2)35(50-40(56)58-5)39(55)52-19-9-12-34(52)37-47-21-32(49-37)26-15-13-25(14-16-26)28-18-17-27(20-31(28)42(43,44)45)33-22-46-36(48-33)29-10-7-8-11-30(29)38(54)53(24(3)4)51-41(57)59-6/h13,17-18,20-21,23-24,26,29-30,33-35H,7-12,14-16,19,22H2,1-6H3,(H,46,48)(H,47,49)(H,50,56)(H,51,57)/t26?,29?,30-,33?,34-,35-/m0/s1. The van der Waals surface area contributed by atoms with Gasteiger partial charge in [-0.15, -0.1) is 0 Å². The Balaban J connectivity index is 1.13. The number of likely N-dealkylation sites (tertiary alicyclic amines) is 1. The van der Waals surface area contributed by atoms with Crippen LogP contribution in [0.3, 0.4) is 0 Å². The van der Waals surface area contributed by atoms with Crippen molar-refractivity contribution >= 4 is 35.4 Å². The molecule has 1 aromatic carbocycles. The Hall–Kier alpha value is -5.09. The summed E-state index contributed by atoms with van der Waals surface area (Å²) in [6.07, 6.45) is 3.72. The molecule has 4 aliphatic rings. The summed E-state index contributed by atoms with van der Waals surface area (Å²) in [6.45, 7) is 8.07. The fourth-order valence-corrected chi connectivity index (χ4v) is 8.96. The molecule has 1 saturated carbocycles. The zero-order valence-electron chi connectivity index (χ0n) is 34.7. The zero-order chi connectivity index (χ0) is 42.6. The number of aromatic nitrogens is 2. The normalized spacial score (nSPS) is 23.9. The third kappa shape index (κ3) is 9.70. The number of hydrogen-bond donors (Lipinski definition) is 4. The number of nitrogens with zero attached hydrogens (tertiary/aromatic N) is 4. The van der Waals surface area contributed by atoms with Crippen molar-refractivity contribution in [2.24, 2.45) is 22.7 Å². The summed E-state index contributed by atoms with van der Waals surface area (Å²) in [6, 6.07) is 2.68. The molecule has 1 aromatic heterocycles. The molecule has 14 nitrogen and oxygen atoms in total. The Labute approximate surface area is 343 Å². The van der Waals surface area contributed by atoms with E-state index in [0.717, 1.165) is 25.0 Å². The molecule has 0 radical (unpaired) electrons. The van der Waals surface area contributed by atoms with Gasteiger partial charge in [-0.1, -0.05) is 44.9 Å². The molecule has 2 aromatic rings. The average Bonchev–Trinajstić information content (AvgIpc) is 4.03. The molecule has 4 N–H and O–H groups in total. The predicted octanol–water partition coefficient (Wildman–Crippen LogP) is 7.18. The van der Waals surface area contributed by atoms with Gasteiger partial charge in [0.15, 0.2) is 0 Å². The van der Waals surface area contributed by atoms with E-state index >= 15 is 0 Å². The molecule has 3 heterocycles. The molecule has 6 rings (SSSR count). The number of allylic oxidation sites excluding steroid dienone is 2. The van der Waals surface area contributed by atoms with Gasteiger partial charge in [0.1, 0.15) is 17.7 Å². The van der Waals surface area contributed by atoms with E-state index in [0.29, 0.717) is 67.9 Å². The number of halogens is 3. The lowest BCUT2D eigenvalue weighted by Gasteiger charge is -2.36. The number of methoxy groups -OCH3 is 2. The number of aliphatic imine (C=N–C) groups is 1. The number of benzene rings is 1. The first kappa shape index (κ1) is 43.5. The second kappa shape index (κ2) is 18.4. The maximum Gasteiger partial charge on any atom is 0.425 e. The number of amidine groups is 1. The zero-order valence-corrected chi connectivity index (χ0v) is 34.7. The van der Waals surface area contributed by atoms with Crippen molar-refractivity contribution in [3.8, 4) is 0 Å². The highest BCUT2D eigenvalue weighted by molar-refractivity contribution is 5.93. The molecule has 322 valence electrons. The summed E-state index contributed by atoms with van der Waals surface area (Å²) in [5, 5.41) is 7.31. The van der Waals surface area contributed by atoms with E-state index in [1.54, 1.807) is 37.1 Å². The number of carbonyl (C=O) groups excluding carboxylic acids is 4. The van der Waals surface area contributed by atoms with E-state index < -0.39 is 41.9 Å². The van der Waals surface area contributed by atoms with Crippen LogP contribution in [0.15, 0.2) is 35.5 Å². The highest BCUT2D eigenvalue weighted by Gasteiger charge is 2.42. The van der Waals surface area contributed by atoms with Crippen molar-refractivity contribution in [2.75, 3.05) is 27.3 Å². The van der Waals surface area contributed by atoms with Crippen molar-refractivity contribution in [1.29, 1.82) is 0 Å². The molecular formula is C42H57F3N8O6. The van der Waals surface area contributed by atoms with Crippen LogP contribution in [0.25, 0.3) is 5.57 Å². The quantitative estimate of drug-likeness (QED) is 0.183. The van der Waals surface area contributed by atoms with Gasteiger partial charge in [0.2, 0.25) is 11.8 Å². The molecule has 2 aliphatic heterocycles. The number of hydrazine groups is 1. The summed E-state index contributed by atoms with van der Waals surface area (Å²) in [4.78, 5) is 65.8. The third-order valence-corrected chi connectivity index (χ3v) is 12.2. The molecule has 4 amide bonds. The Bertz CT molecular complexity index is 1930. The molecule has 59 heavy (non-hydrogen) atoms. The summed E-state index contributed by atoms with van der Waals surface area (Å²) in [5.41, 5.74) is 3.96. The highest BCUT2D eigenvalue weighted by Crippen LogP contribution is 2.43. The van der Waals surface area contributed by atoms with Crippen LogP contribution in [0.4, 0.5) is 22.8 Å². The van der Waals surface area contributed by atoms with Gasteiger partial charge in [-0.3, -0.25) is 14.6 Å². The first-order valence-corrected chi connectivity index (χ1v) is 20.7.